The quantitative estimate of drug-likeness (QED) is 0.687. The molecule has 0 amide bonds. The van der Waals surface area contributed by atoms with E-state index in [0.717, 1.165) is 10.9 Å². The van der Waals surface area contributed by atoms with Crippen LogP contribution in [0.5, 0.6) is 0 Å². The zero-order valence-electron chi connectivity index (χ0n) is 9.06. The van der Waals surface area contributed by atoms with Gasteiger partial charge in [0, 0.05) is 18.5 Å². The summed E-state index contributed by atoms with van der Waals surface area (Å²) in [5, 5.41) is 0.726. The van der Waals surface area contributed by atoms with Gasteiger partial charge in [-0.15, -0.1) is 0 Å². The van der Waals surface area contributed by atoms with E-state index in [0.29, 0.717) is 5.56 Å². The number of nitrogens with zero attached hydrogens (tertiary/aromatic N) is 1. The largest absolute Gasteiger partial charge is 0.465 e. The predicted octanol–water partition coefficient (Wildman–Crippen LogP) is 2.09. The van der Waals surface area contributed by atoms with Crippen LogP contribution < -0.4 is 0 Å². The van der Waals surface area contributed by atoms with Gasteiger partial charge in [-0.05, 0) is 18.2 Å². The fraction of sp³-hybridized carbons (Fsp3) is 0.167. The second-order valence-corrected chi connectivity index (χ2v) is 3.43. The first-order valence-corrected chi connectivity index (χ1v) is 4.84. The molecule has 0 radical (unpaired) electrons. The maximum atomic E-state index is 11.5. The van der Waals surface area contributed by atoms with Crippen LogP contribution in [0.25, 0.3) is 10.9 Å². The summed E-state index contributed by atoms with van der Waals surface area (Å²) in [5.41, 5.74) is 1.19. The van der Waals surface area contributed by atoms with E-state index in [4.69, 9.17) is 0 Å². The zero-order chi connectivity index (χ0) is 11.7. The number of hydrogen-bond donors (Lipinski definition) is 0. The van der Waals surface area contributed by atoms with Crippen LogP contribution in [0, 0.1) is 0 Å². The van der Waals surface area contributed by atoms with Gasteiger partial charge in [-0.25, -0.2) is 4.79 Å². The molecule has 0 fully saturated rings. The first kappa shape index (κ1) is 10.4. The van der Waals surface area contributed by atoms with Gasteiger partial charge in [0.1, 0.15) is 0 Å². The normalized spacial score (nSPS) is 10.4. The van der Waals surface area contributed by atoms with Crippen molar-refractivity contribution in [2.24, 2.45) is 0 Å². The molecule has 2 rings (SSSR count). The maximum absolute atomic E-state index is 11.5. The van der Waals surface area contributed by atoms with Gasteiger partial charge in [-0.1, -0.05) is 6.07 Å². The van der Waals surface area contributed by atoms with Crippen molar-refractivity contribution >= 4 is 22.8 Å². The molecule has 0 spiro atoms. The number of ether oxygens (including phenoxy) is 1. The number of rotatable bonds is 1. The van der Waals surface area contributed by atoms with Gasteiger partial charge in [0.05, 0.1) is 18.2 Å². The minimum absolute atomic E-state index is 0.0861. The van der Waals surface area contributed by atoms with Crippen molar-refractivity contribution in [3.8, 4) is 0 Å². The third-order valence-corrected chi connectivity index (χ3v) is 2.48. The Bertz CT molecular complexity index is 569. The molecule has 0 bridgehead atoms. The molecule has 2 aromatic rings. The summed E-state index contributed by atoms with van der Waals surface area (Å²) in [6, 6.07) is 6.94. The van der Waals surface area contributed by atoms with Gasteiger partial charge in [-0.2, -0.15) is 0 Å². The number of methoxy groups -OCH3 is 1. The molecule has 1 heterocycles. The predicted molar refractivity (Wildman–Crippen MR) is 59.6 cm³/mol. The van der Waals surface area contributed by atoms with Gasteiger partial charge in [-0.3, -0.25) is 9.36 Å². The van der Waals surface area contributed by atoms with Gasteiger partial charge < -0.3 is 4.74 Å². The van der Waals surface area contributed by atoms with Crippen molar-refractivity contribution in [2.75, 3.05) is 7.11 Å². The first-order valence-electron chi connectivity index (χ1n) is 4.84. The van der Waals surface area contributed by atoms with Gasteiger partial charge in [0.15, 0.2) is 0 Å². The lowest BCUT2D eigenvalue weighted by Crippen LogP contribution is -2.04. The Kier molecular flexibility index (Phi) is 2.48. The molecule has 1 aromatic heterocycles. The molecule has 1 aromatic carbocycles. The highest BCUT2D eigenvalue weighted by Crippen LogP contribution is 2.20. The number of carbonyl (C=O) groups is 2. The molecule has 0 unspecified atom stereocenters. The molecule has 4 heteroatoms. The highest BCUT2D eigenvalue weighted by Gasteiger charge is 2.13. The van der Waals surface area contributed by atoms with Crippen LogP contribution in [0.4, 0.5) is 0 Å². The van der Waals surface area contributed by atoms with Gasteiger partial charge in [0.25, 0.3) is 0 Å². The second-order valence-electron chi connectivity index (χ2n) is 3.43. The average Bonchev–Trinajstić information content (AvgIpc) is 2.71. The number of aromatic nitrogens is 1. The van der Waals surface area contributed by atoms with E-state index < -0.39 is 5.97 Å². The van der Waals surface area contributed by atoms with Gasteiger partial charge in [0.2, 0.25) is 5.91 Å². The van der Waals surface area contributed by atoms with Crippen molar-refractivity contribution in [2.45, 2.75) is 6.92 Å². The Balaban J connectivity index is 2.71. The summed E-state index contributed by atoms with van der Waals surface area (Å²) in [5.74, 6) is -0.482. The topological polar surface area (TPSA) is 48.3 Å². The van der Waals surface area contributed by atoms with Crippen LogP contribution in [-0.4, -0.2) is 23.6 Å². The number of carbonyl (C=O) groups excluding carboxylic acids is 2. The lowest BCUT2D eigenvalue weighted by atomic mass is 10.1. The summed E-state index contributed by atoms with van der Waals surface area (Å²) in [6.45, 7) is 1.48. The zero-order valence-corrected chi connectivity index (χ0v) is 9.06. The minimum Gasteiger partial charge on any atom is -0.465 e. The van der Waals surface area contributed by atoms with E-state index in [1.807, 2.05) is 0 Å². The van der Waals surface area contributed by atoms with Gasteiger partial charge >= 0.3 is 5.97 Å². The highest BCUT2D eigenvalue weighted by molar-refractivity contribution is 6.05. The van der Waals surface area contributed by atoms with E-state index >= 15 is 0 Å². The summed E-state index contributed by atoms with van der Waals surface area (Å²) < 4.78 is 6.18. The lowest BCUT2D eigenvalue weighted by molar-refractivity contribution is 0.0602. The summed E-state index contributed by atoms with van der Waals surface area (Å²) in [4.78, 5) is 22.8. The molecule has 0 atom stereocenters. The first-order chi connectivity index (χ1) is 7.65. The number of benzene rings is 1. The summed E-state index contributed by atoms with van der Waals surface area (Å²) in [7, 11) is 1.34. The van der Waals surface area contributed by atoms with Crippen LogP contribution in [0.2, 0.25) is 0 Å². The molecular formula is C12H11NO3. The molecular weight excluding hydrogens is 206 g/mol. The van der Waals surface area contributed by atoms with E-state index in [-0.39, 0.29) is 5.91 Å². The SMILES string of the molecule is COC(=O)c1cccc2c1ccn2C(C)=O. The van der Waals surface area contributed by atoms with Crippen molar-refractivity contribution in [3.63, 3.8) is 0 Å². The standard InChI is InChI=1S/C12H11NO3/c1-8(14)13-7-6-9-10(12(15)16-2)4-3-5-11(9)13/h3-7H,1-2H3. The van der Waals surface area contributed by atoms with E-state index in [9.17, 15) is 9.59 Å². The molecule has 0 saturated carbocycles. The van der Waals surface area contributed by atoms with Crippen LogP contribution in [0.3, 0.4) is 0 Å². The molecule has 0 aliphatic rings. The van der Waals surface area contributed by atoms with Crippen molar-refractivity contribution in [1.29, 1.82) is 0 Å². The molecule has 0 N–H and O–H groups in total. The summed E-state index contributed by atoms with van der Waals surface area (Å²) in [6.07, 6.45) is 1.65. The molecule has 82 valence electrons. The third-order valence-electron chi connectivity index (χ3n) is 2.48. The molecule has 16 heavy (non-hydrogen) atoms. The number of fused-ring (bicyclic) bond motifs is 1. The van der Waals surface area contributed by atoms with E-state index in [1.54, 1.807) is 30.5 Å². The lowest BCUT2D eigenvalue weighted by Gasteiger charge is -2.02. The van der Waals surface area contributed by atoms with Crippen LogP contribution in [0.1, 0.15) is 22.1 Å². The Hall–Kier alpha value is -2.10. The van der Waals surface area contributed by atoms with E-state index in [1.165, 1.54) is 18.6 Å². The van der Waals surface area contributed by atoms with E-state index in [2.05, 4.69) is 4.74 Å². The maximum Gasteiger partial charge on any atom is 0.338 e. The highest BCUT2D eigenvalue weighted by atomic mass is 16.5. The smallest absolute Gasteiger partial charge is 0.338 e. The molecule has 0 aliphatic heterocycles. The van der Waals surface area contributed by atoms with Crippen LogP contribution in [0.15, 0.2) is 30.5 Å². The summed E-state index contributed by atoms with van der Waals surface area (Å²) >= 11 is 0. The Labute approximate surface area is 92.4 Å². The monoisotopic (exact) mass is 217 g/mol. The fourth-order valence-corrected chi connectivity index (χ4v) is 1.73. The molecule has 0 aliphatic carbocycles. The number of hydrogen-bond acceptors (Lipinski definition) is 3. The van der Waals surface area contributed by atoms with Crippen LogP contribution in [-0.2, 0) is 4.74 Å². The fourth-order valence-electron chi connectivity index (χ4n) is 1.73. The Morgan fingerprint density at radius 3 is 2.62 bits per heavy atom. The Morgan fingerprint density at radius 2 is 2.00 bits per heavy atom. The average molecular weight is 217 g/mol. The Morgan fingerprint density at radius 1 is 1.25 bits per heavy atom. The second kappa shape index (κ2) is 3.81. The minimum atomic E-state index is -0.396. The molecule has 0 saturated heterocycles. The number of esters is 1. The third kappa shape index (κ3) is 1.48. The van der Waals surface area contributed by atoms with Crippen molar-refractivity contribution < 1.29 is 14.3 Å². The van der Waals surface area contributed by atoms with Crippen molar-refractivity contribution in [3.05, 3.63) is 36.0 Å². The van der Waals surface area contributed by atoms with Crippen LogP contribution >= 0.6 is 0 Å². The molecule has 4 nitrogen and oxygen atoms in total. The van der Waals surface area contributed by atoms with Crippen molar-refractivity contribution in [1.82, 2.24) is 4.57 Å².